The molecule has 0 spiro atoms. The number of hydrogen-bond donors (Lipinski definition) is 2. The zero-order valence-corrected chi connectivity index (χ0v) is 36.2. The van der Waals surface area contributed by atoms with E-state index in [9.17, 15) is 10.5 Å². The largest absolute Gasteiger partial charge is 0.490 e. The first-order chi connectivity index (χ1) is 30.2. The third-order valence-corrected chi connectivity index (χ3v) is 11.8. The van der Waals surface area contributed by atoms with Crippen molar-refractivity contribution in [1.29, 1.82) is 10.5 Å². The van der Waals surface area contributed by atoms with Crippen LogP contribution in [0.1, 0.15) is 125 Å². The highest BCUT2D eigenvalue weighted by atomic mass is 16.5. The molecule has 12 nitrogen and oxygen atoms in total. The molecule has 0 aliphatic heterocycles. The fourth-order valence-corrected chi connectivity index (χ4v) is 9.03. The van der Waals surface area contributed by atoms with E-state index >= 15 is 0 Å². The Hall–Kier alpha value is -6.34. The lowest BCUT2D eigenvalue weighted by Crippen LogP contribution is -2.33. The number of fused-ring (bicyclic) bond motifs is 2. The number of nitrogens with one attached hydrogen (secondary N) is 2. The average Bonchev–Trinajstić information content (AvgIpc) is 4.12. The standard InChI is InChI=1S/C27H30N4O2.C23H24N4O2/c1-17(2)32-25-14-11-18(15-19(25)16-28)27-30-26(31-33-27)23-10-6-9-22-21(23)12-13-24(22)29-20-7-4-3-5-8-20;1-4-25-20-10-9-17-18(20)6-5-7-19(17)22-26-23(29-27-22)15-8-11-21(28-14(2)3)16(12-15)13-24/h6,9-11,14-15,17,20,24,29H,3-5,7-8,12-13H2,1-2H3;5-8,11-12,14,20,25H,4,9-10H2,1-3H3/t;20-/m.0/s1. The molecular weight excluding hydrogens is 777 g/mol. The second kappa shape index (κ2) is 19.1. The highest BCUT2D eigenvalue weighted by Crippen LogP contribution is 2.40. The monoisotopic (exact) mass is 830 g/mol. The van der Waals surface area contributed by atoms with Crippen LogP contribution in [0, 0.1) is 22.7 Å². The average molecular weight is 831 g/mol. The van der Waals surface area contributed by atoms with Crippen LogP contribution in [0.15, 0.2) is 81.8 Å². The van der Waals surface area contributed by atoms with Gasteiger partial charge in [0.15, 0.2) is 0 Å². The van der Waals surface area contributed by atoms with E-state index in [0.29, 0.717) is 75.3 Å². The Labute approximate surface area is 363 Å². The summed E-state index contributed by atoms with van der Waals surface area (Å²) in [6, 6.07) is 29.2. The summed E-state index contributed by atoms with van der Waals surface area (Å²) in [5.41, 5.74) is 9.65. The predicted octanol–water partition coefficient (Wildman–Crippen LogP) is 10.6. The molecule has 1 unspecified atom stereocenters. The number of ether oxygens (including phenoxy) is 2. The smallest absolute Gasteiger partial charge is 0.258 e. The van der Waals surface area contributed by atoms with Gasteiger partial charge in [0.1, 0.15) is 23.6 Å². The van der Waals surface area contributed by atoms with E-state index in [1.54, 1.807) is 24.3 Å². The molecule has 0 bridgehead atoms. The van der Waals surface area contributed by atoms with Crippen LogP contribution in [0.25, 0.3) is 45.7 Å². The van der Waals surface area contributed by atoms with Crippen molar-refractivity contribution in [3.8, 4) is 69.3 Å². The van der Waals surface area contributed by atoms with Crippen molar-refractivity contribution >= 4 is 0 Å². The fraction of sp³-hybridized carbons (Fsp3) is 0.400. The van der Waals surface area contributed by atoms with Crippen LogP contribution >= 0.6 is 0 Å². The quantitative estimate of drug-likeness (QED) is 0.120. The van der Waals surface area contributed by atoms with E-state index in [1.807, 2.05) is 52.0 Å². The lowest BCUT2D eigenvalue weighted by molar-refractivity contribution is 0.241. The molecule has 6 aromatic rings. The molecule has 1 fully saturated rings. The first-order valence-electron chi connectivity index (χ1n) is 22.1. The molecular formula is C50H54N8O4. The maximum Gasteiger partial charge on any atom is 0.258 e. The van der Waals surface area contributed by atoms with Gasteiger partial charge >= 0.3 is 0 Å². The summed E-state index contributed by atoms with van der Waals surface area (Å²) >= 11 is 0. The van der Waals surface area contributed by atoms with E-state index in [0.717, 1.165) is 43.4 Å². The normalized spacial score (nSPS) is 16.9. The summed E-state index contributed by atoms with van der Waals surface area (Å²) in [6.07, 6.45) is 10.8. The molecule has 2 N–H and O–H groups in total. The van der Waals surface area contributed by atoms with Gasteiger partial charge in [-0.2, -0.15) is 20.5 Å². The van der Waals surface area contributed by atoms with Crippen LogP contribution in [0.3, 0.4) is 0 Å². The highest BCUT2D eigenvalue weighted by molar-refractivity contribution is 5.68. The fourth-order valence-electron chi connectivity index (χ4n) is 9.03. The summed E-state index contributed by atoms with van der Waals surface area (Å²) in [4.78, 5) is 9.30. The number of nitrogens with zero attached hydrogens (tertiary/aromatic N) is 6. The van der Waals surface area contributed by atoms with Gasteiger partial charge in [-0.05, 0) is 131 Å². The van der Waals surface area contributed by atoms with Crippen molar-refractivity contribution in [3.63, 3.8) is 0 Å². The SMILES string of the molecule is CC(C)Oc1ccc(-c2nc(-c3cccc4c3CCC4NC3CCCCC3)no2)cc1C#N.CCN[C@H]1CCc2c(-c3noc(-c4ccc(OC(C)C)c(C#N)c4)n3)cccc21. The van der Waals surface area contributed by atoms with E-state index in [1.165, 1.54) is 54.4 Å². The molecule has 318 valence electrons. The first kappa shape index (κ1) is 42.4. The van der Waals surface area contributed by atoms with Crippen molar-refractivity contribution in [3.05, 3.63) is 106 Å². The van der Waals surface area contributed by atoms with Crippen LogP contribution in [0.4, 0.5) is 0 Å². The Morgan fingerprint density at radius 1 is 0.661 bits per heavy atom. The van der Waals surface area contributed by atoms with Crippen LogP contribution in [-0.4, -0.2) is 45.1 Å². The van der Waals surface area contributed by atoms with E-state index in [4.69, 9.17) is 18.5 Å². The molecule has 3 aliphatic rings. The van der Waals surface area contributed by atoms with Gasteiger partial charge in [-0.15, -0.1) is 0 Å². The third-order valence-electron chi connectivity index (χ3n) is 11.8. The molecule has 4 aromatic carbocycles. The molecule has 2 aromatic heterocycles. The second-order valence-corrected chi connectivity index (χ2v) is 16.8. The van der Waals surface area contributed by atoms with Gasteiger partial charge in [-0.3, -0.25) is 0 Å². The summed E-state index contributed by atoms with van der Waals surface area (Å²) in [6.45, 7) is 10.8. The van der Waals surface area contributed by atoms with Gasteiger partial charge in [0.2, 0.25) is 11.6 Å². The number of rotatable bonds is 12. The molecule has 9 rings (SSSR count). The van der Waals surface area contributed by atoms with Crippen LogP contribution in [-0.2, 0) is 12.8 Å². The Bertz CT molecular complexity index is 2590. The lowest BCUT2D eigenvalue weighted by atomic mass is 9.94. The minimum absolute atomic E-state index is 0.00504. The van der Waals surface area contributed by atoms with Crippen molar-refractivity contribution in [2.45, 2.75) is 123 Å². The Morgan fingerprint density at radius 3 is 1.65 bits per heavy atom. The van der Waals surface area contributed by atoms with E-state index in [-0.39, 0.29) is 12.2 Å². The zero-order chi connectivity index (χ0) is 43.2. The van der Waals surface area contributed by atoms with Crippen molar-refractivity contribution in [2.24, 2.45) is 0 Å². The van der Waals surface area contributed by atoms with Gasteiger partial charge in [0.25, 0.3) is 11.8 Å². The van der Waals surface area contributed by atoms with Gasteiger partial charge < -0.3 is 29.2 Å². The van der Waals surface area contributed by atoms with Crippen molar-refractivity contribution < 1.29 is 18.5 Å². The van der Waals surface area contributed by atoms with Gasteiger partial charge in [-0.1, -0.05) is 72.9 Å². The summed E-state index contributed by atoms with van der Waals surface area (Å²) in [5, 5.41) is 34.9. The number of hydrogen-bond acceptors (Lipinski definition) is 12. The maximum atomic E-state index is 9.53. The van der Waals surface area contributed by atoms with Gasteiger partial charge in [0.05, 0.1) is 23.3 Å². The Morgan fingerprint density at radius 2 is 1.16 bits per heavy atom. The minimum atomic E-state index is -0.00541. The van der Waals surface area contributed by atoms with Gasteiger partial charge in [0, 0.05) is 40.4 Å². The molecule has 0 radical (unpaired) electrons. The van der Waals surface area contributed by atoms with Crippen LogP contribution < -0.4 is 20.1 Å². The van der Waals surface area contributed by atoms with Crippen LogP contribution in [0.2, 0.25) is 0 Å². The summed E-state index contributed by atoms with van der Waals surface area (Å²) < 4.78 is 22.5. The molecule has 62 heavy (non-hydrogen) atoms. The molecule has 3 aliphatic carbocycles. The van der Waals surface area contributed by atoms with Crippen LogP contribution in [0.5, 0.6) is 11.5 Å². The van der Waals surface area contributed by atoms with Gasteiger partial charge in [-0.25, -0.2) is 0 Å². The number of aromatic nitrogens is 4. The molecule has 12 heteroatoms. The predicted molar refractivity (Wildman–Crippen MR) is 237 cm³/mol. The minimum Gasteiger partial charge on any atom is -0.490 e. The second-order valence-electron chi connectivity index (χ2n) is 16.8. The summed E-state index contributed by atoms with van der Waals surface area (Å²) in [7, 11) is 0. The molecule has 0 saturated heterocycles. The zero-order valence-electron chi connectivity index (χ0n) is 36.2. The summed E-state index contributed by atoms with van der Waals surface area (Å²) in [5.74, 6) is 3.10. The number of nitriles is 2. The van der Waals surface area contributed by atoms with Crippen molar-refractivity contribution in [1.82, 2.24) is 30.9 Å². The lowest BCUT2D eigenvalue weighted by Gasteiger charge is -2.27. The topological polar surface area (TPSA) is 168 Å². The molecule has 2 heterocycles. The Kier molecular flexibility index (Phi) is 13.1. The van der Waals surface area contributed by atoms with Crippen molar-refractivity contribution in [2.75, 3.05) is 6.54 Å². The first-order valence-corrected chi connectivity index (χ1v) is 22.1. The number of benzene rings is 4. The molecule has 1 saturated carbocycles. The molecule has 2 atom stereocenters. The highest BCUT2D eigenvalue weighted by Gasteiger charge is 2.29. The van der Waals surface area contributed by atoms with E-state index < -0.39 is 0 Å². The van der Waals surface area contributed by atoms with E-state index in [2.05, 4.69) is 74.2 Å². The molecule has 0 amide bonds. The third kappa shape index (κ3) is 9.28. The maximum absolute atomic E-state index is 9.53. The Balaban J connectivity index is 0.000000172.